The first-order chi connectivity index (χ1) is 10.6. The van der Waals surface area contributed by atoms with Crippen LogP contribution in [-0.4, -0.2) is 61.0 Å². The third kappa shape index (κ3) is 4.57. The molecule has 1 aliphatic heterocycles. The predicted octanol–water partition coefficient (Wildman–Crippen LogP) is 1.83. The molecule has 0 saturated carbocycles. The Kier molecular flexibility index (Phi) is 6.43. The molecule has 1 fully saturated rings. The average molecular weight is 308 g/mol. The molecule has 0 spiro atoms. The van der Waals surface area contributed by atoms with Crippen LogP contribution in [-0.2, 0) is 14.3 Å². The second-order valence-electron chi connectivity index (χ2n) is 6.27. The number of likely N-dealkylation sites (N-methyl/N-ethyl adjacent to an activating group) is 1. The van der Waals surface area contributed by atoms with Crippen molar-refractivity contribution in [2.75, 3.05) is 33.3 Å². The number of ether oxygens (including phenoxy) is 1. The van der Waals surface area contributed by atoms with Crippen LogP contribution in [0.5, 0.6) is 0 Å². The second-order valence-corrected chi connectivity index (χ2v) is 6.27. The highest BCUT2D eigenvalue weighted by Crippen LogP contribution is 2.19. The maximum Gasteiger partial charge on any atom is 0.310 e. The summed E-state index contributed by atoms with van der Waals surface area (Å²) < 4.78 is 5.09. The van der Waals surface area contributed by atoms with Crippen molar-refractivity contribution in [3.63, 3.8) is 0 Å². The van der Waals surface area contributed by atoms with Gasteiger partial charge in [0.25, 0.3) is 0 Å². The van der Waals surface area contributed by atoms with Crippen LogP contribution in [0, 0.1) is 5.92 Å². The van der Waals surface area contributed by atoms with Crippen LogP contribution in [0.2, 0.25) is 0 Å². The molecular formula is C17H28N2O3. The number of rotatable bonds is 5. The van der Waals surface area contributed by atoms with Crippen molar-refractivity contribution in [1.29, 1.82) is 0 Å². The van der Waals surface area contributed by atoms with Gasteiger partial charge in [-0.1, -0.05) is 12.2 Å². The minimum Gasteiger partial charge on any atom is -0.466 e. The molecule has 1 heterocycles. The van der Waals surface area contributed by atoms with E-state index in [9.17, 15) is 9.59 Å². The Morgan fingerprint density at radius 3 is 2.82 bits per heavy atom. The van der Waals surface area contributed by atoms with Crippen LogP contribution >= 0.6 is 0 Å². The van der Waals surface area contributed by atoms with Gasteiger partial charge < -0.3 is 9.64 Å². The monoisotopic (exact) mass is 308 g/mol. The Morgan fingerprint density at radius 2 is 2.14 bits per heavy atom. The topological polar surface area (TPSA) is 49.9 Å². The number of piperidine rings is 1. The Bertz CT molecular complexity index is 422. The minimum atomic E-state index is -0.163. The van der Waals surface area contributed by atoms with Gasteiger partial charge in [0.2, 0.25) is 5.91 Å². The molecule has 0 radical (unpaired) electrons. The van der Waals surface area contributed by atoms with Crippen LogP contribution in [0.4, 0.5) is 0 Å². The maximum atomic E-state index is 12.5. The SMILES string of the molecule is CCOC(=O)[C@@H]1CCCN(C(=O)CN(C)[C@H]2C=CCCC2)C1. The van der Waals surface area contributed by atoms with Gasteiger partial charge in [-0.25, -0.2) is 0 Å². The number of esters is 1. The van der Waals surface area contributed by atoms with E-state index in [1.807, 2.05) is 18.9 Å². The van der Waals surface area contributed by atoms with Gasteiger partial charge in [0.15, 0.2) is 0 Å². The summed E-state index contributed by atoms with van der Waals surface area (Å²) >= 11 is 0. The molecule has 0 N–H and O–H groups in total. The van der Waals surface area contributed by atoms with Crippen LogP contribution in [0.15, 0.2) is 12.2 Å². The molecule has 0 aromatic rings. The lowest BCUT2D eigenvalue weighted by Crippen LogP contribution is -2.47. The Labute approximate surface area is 133 Å². The number of carbonyl (C=O) groups is 2. The fraction of sp³-hybridized carbons (Fsp3) is 0.765. The van der Waals surface area contributed by atoms with E-state index in [0.29, 0.717) is 25.7 Å². The predicted molar refractivity (Wildman–Crippen MR) is 85.3 cm³/mol. The normalized spacial score (nSPS) is 25.3. The fourth-order valence-corrected chi connectivity index (χ4v) is 3.25. The number of allylic oxidation sites excluding steroid dienone is 1. The van der Waals surface area contributed by atoms with Gasteiger partial charge in [0, 0.05) is 19.1 Å². The van der Waals surface area contributed by atoms with Gasteiger partial charge in [-0.2, -0.15) is 0 Å². The van der Waals surface area contributed by atoms with E-state index in [2.05, 4.69) is 17.1 Å². The highest BCUT2D eigenvalue weighted by molar-refractivity contribution is 5.80. The number of carbonyl (C=O) groups excluding carboxylic acids is 2. The lowest BCUT2D eigenvalue weighted by molar-refractivity contribution is -0.151. The molecule has 0 bridgehead atoms. The van der Waals surface area contributed by atoms with Crippen LogP contribution in [0.1, 0.15) is 39.0 Å². The first-order valence-corrected chi connectivity index (χ1v) is 8.43. The molecule has 1 aliphatic carbocycles. The molecule has 1 saturated heterocycles. The van der Waals surface area contributed by atoms with Gasteiger partial charge in [0.05, 0.1) is 19.1 Å². The molecule has 22 heavy (non-hydrogen) atoms. The second kappa shape index (κ2) is 8.32. The van der Waals surface area contributed by atoms with Gasteiger partial charge in [-0.3, -0.25) is 14.5 Å². The quantitative estimate of drug-likeness (QED) is 0.574. The molecule has 5 nitrogen and oxygen atoms in total. The molecule has 2 aliphatic rings. The maximum absolute atomic E-state index is 12.5. The Morgan fingerprint density at radius 1 is 1.32 bits per heavy atom. The summed E-state index contributed by atoms with van der Waals surface area (Å²) in [7, 11) is 2.00. The zero-order chi connectivity index (χ0) is 15.9. The number of hydrogen-bond acceptors (Lipinski definition) is 4. The van der Waals surface area contributed by atoms with Crippen LogP contribution in [0.25, 0.3) is 0 Å². The van der Waals surface area contributed by atoms with Gasteiger partial charge >= 0.3 is 5.97 Å². The largest absolute Gasteiger partial charge is 0.466 e. The standard InChI is InChI=1S/C17H28N2O3/c1-3-22-17(21)14-8-7-11-19(12-14)16(20)13-18(2)15-9-5-4-6-10-15/h5,9,14-15H,3-4,6-8,10-13H2,1-2H3/t14-,15+/m1/s1. The Balaban J connectivity index is 1.84. The summed E-state index contributed by atoms with van der Waals surface area (Å²) in [5.74, 6) is -0.198. The highest BCUT2D eigenvalue weighted by Gasteiger charge is 2.30. The van der Waals surface area contributed by atoms with E-state index >= 15 is 0 Å². The molecule has 1 amide bonds. The highest BCUT2D eigenvalue weighted by atomic mass is 16.5. The van der Waals surface area contributed by atoms with Crippen LogP contribution in [0.3, 0.4) is 0 Å². The molecule has 124 valence electrons. The number of likely N-dealkylation sites (tertiary alicyclic amines) is 1. The van der Waals surface area contributed by atoms with Crippen LogP contribution < -0.4 is 0 Å². The first-order valence-electron chi connectivity index (χ1n) is 8.43. The van der Waals surface area contributed by atoms with Crippen molar-refractivity contribution in [2.24, 2.45) is 5.92 Å². The average Bonchev–Trinajstić information content (AvgIpc) is 2.56. The molecule has 0 unspecified atom stereocenters. The molecule has 5 heteroatoms. The molecule has 2 atom stereocenters. The summed E-state index contributed by atoms with van der Waals surface area (Å²) in [5.41, 5.74) is 0. The van der Waals surface area contributed by atoms with E-state index in [-0.39, 0.29) is 17.8 Å². The number of nitrogens with zero attached hydrogens (tertiary/aromatic N) is 2. The summed E-state index contributed by atoms with van der Waals surface area (Å²) in [5, 5.41) is 0. The molecule has 2 rings (SSSR count). The van der Waals surface area contributed by atoms with Crippen molar-refractivity contribution in [2.45, 2.75) is 45.1 Å². The lowest BCUT2D eigenvalue weighted by atomic mass is 9.98. The van der Waals surface area contributed by atoms with E-state index in [0.717, 1.165) is 32.2 Å². The smallest absolute Gasteiger partial charge is 0.310 e. The van der Waals surface area contributed by atoms with E-state index < -0.39 is 0 Å². The summed E-state index contributed by atoms with van der Waals surface area (Å²) in [6, 6.07) is 0.364. The van der Waals surface area contributed by atoms with E-state index in [1.165, 1.54) is 6.42 Å². The third-order valence-electron chi connectivity index (χ3n) is 4.57. The number of amides is 1. The zero-order valence-corrected chi connectivity index (χ0v) is 13.8. The van der Waals surface area contributed by atoms with Crippen molar-refractivity contribution in [3.8, 4) is 0 Å². The zero-order valence-electron chi connectivity index (χ0n) is 13.8. The van der Waals surface area contributed by atoms with Crippen molar-refractivity contribution >= 4 is 11.9 Å². The van der Waals surface area contributed by atoms with E-state index in [1.54, 1.807) is 0 Å². The molecule has 0 aromatic carbocycles. The lowest BCUT2D eigenvalue weighted by Gasteiger charge is -2.34. The van der Waals surface area contributed by atoms with Gasteiger partial charge in [0.1, 0.15) is 0 Å². The van der Waals surface area contributed by atoms with E-state index in [4.69, 9.17) is 4.74 Å². The summed E-state index contributed by atoms with van der Waals surface area (Å²) in [6.45, 7) is 3.90. The number of hydrogen-bond donors (Lipinski definition) is 0. The van der Waals surface area contributed by atoms with Crippen molar-refractivity contribution in [3.05, 3.63) is 12.2 Å². The van der Waals surface area contributed by atoms with Gasteiger partial charge in [-0.15, -0.1) is 0 Å². The van der Waals surface area contributed by atoms with Gasteiger partial charge in [-0.05, 0) is 46.1 Å². The van der Waals surface area contributed by atoms with Crippen molar-refractivity contribution in [1.82, 2.24) is 9.80 Å². The molecular weight excluding hydrogens is 280 g/mol. The fourth-order valence-electron chi connectivity index (χ4n) is 3.25. The molecule has 0 aromatic heterocycles. The third-order valence-corrected chi connectivity index (χ3v) is 4.57. The summed E-state index contributed by atoms with van der Waals surface area (Å²) in [4.78, 5) is 28.3. The minimum absolute atomic E-state index is 0.121. The Hall–Kier alpha value is -1.36. The summed E-state index contributed by atoms with van der Waals surface area (Å²) in [6.07, 6.45) is 9.55. The van der Waals surface area contributed by atoms with Crippen molar-refractivity contribution < 1.29 is 14.3 Å². The first kappa shape index (κ1) is 17.0.